The molecule has 0 amide bonds. The van der Waals surface area contributed by atoms with Crippen molar-refractivity contribution in [2.45, 2.75) is 50.8 Å². The molecule has 1 N–H and O–H groups in total. The largest absolute Gasteiger partial charge is 0.468 e. The summed E-state index contributed by atoms with van der Waals surface area (Å²) in [6.07, 6.45) is 5.66. The molecule has 0 saturated carbocycles. The third-order valence-electron chi connectivity index (χ3n) is 5.75. The number of furan rings is 1. The van der Waals surface area contributed by atoms with Gasteiger partial charge >= 0.3 is 0 Å². The third kappa shape index (κ3) is 4.00. The van der Waals surface area contributed by atoms with Crippen molar-refractivity contribution >= 4 is 0 Å². The summed E-state index contributed by atoms with van der Waals surface area (Å²) < 4.78 is 7.69. The van der Waals surface area contributed by atoms with E-state index in [-0.39, 0.29) is 6.10 Å². The molecule has 0 aromatic carbocycles. The highest BCUT2D eigenvalue weighted by molar-refractivity contribution is 5.05. The number of hydrogen-bond donors (Lipinski definition) is 1. The van der Waals surface area contributed by atoms with Gasteiger partial charge in [0, 0.05) is 32.6 Å². The zero-order chi connectivity index (χ0) is 17.9. The molecule has 2 saturated heterocycles. The van der Waals surface area contributed by atoms with E-state index in [1.165, 1.54) is 6.42 Å². The highest BCUT2D eigenvalue weighted by Gasteiger charge is 2.27. The zero-order valence-electron chi connectivity index (χ0n) is 15.5. The first-order chi connectivity index (χ1) is 12.7. The van der Waals surface area contributed by atoms with Crippen molar-refractivity contribution in [2.24, 2.45) is 7.05 Å². The van der Waals surface area contributed by atoms with Crippen LogP contribution in [0, 0.1) is 0 Å². The topological polar surface area (TPSA) is 70.6 Å². The van der Waals surface area contributed by atoms with E-state index in [9.17, 15) is 5.11 Å². The van der Waals surface area contributed by atoms with Gasteiger partial charge in [-0.2, -0.15) is 0 Å². The highest BCUT2D eigenvalue weighted by Crippen LogP contribution is 2.27. The van der Waals surface area contributed by atoms with Crippen molar-refractivity contribution < 1.29 is 9.52 Å². The Morgan fingerprint density at radius 2 is 1.96 bits per heavy atom. The third-order valence-corrected chi connectivity index (χ3v) is 5.75. The van der Waals surface area contributed by atoms with Crippen LogP contribution in [0.15, 0.2) is 22.8 Å². The van der Waals surface area contributed by atoms with Crippen molar-refractivity contribution in [3.05, 3.63) is 35.8 Å². The van der Waals surface area contributed by atoms with Crippen LogP contribution in [0.25, 0.3) is 0 Å². The van der Waals surface area contributed by atoms with Crippen LogP contribution in [0.3, 0.4) is 0 Å². The van der Waals surface area contributed by atoms with E-state index >= 15 is 0 Å². The van der Waals surface area contributed by atoms with Gasteiger partial charge in [0.15, 0.2) is 0 Å². The molecule has 0 aliphatic carbocycles. The lowest BCUT2D eigenvalue weighted by atomic mass is 9.97. The first kappa shape index (κ1) is 17.7. The number of rotatable bonds is 5. The van der Waals surface area contributed by atoms with E-state index in [2.05, 4.69) is 31.6 Å². The second kappa shape index (κ2) is 7.90. The van der Waals surface area contributed by atoms with Crippen LogP contribution >= 0.6 is 0 Å². The molecule has 26 heavy (non-hydrogen) atoms. The predicted molar refractivity (Wildman–Crippen MR) is 97.5 cm³/mol. The number of piperidine rings is 2. The number of nitrogens with zero attached hydrogens (tertiary/aromatic N) is 5. The van der Waals surface area contributed by atoms with E-state index in [1.54, 1.807) is 6.26 Å². The standard InChI is InChI=1S/C19H29N5O2/c1-22-18(14-23-9-6-16(25)7-10-23)20-21-19(22)15-4-2-8-24(12-15)13-17-5-3-11-26-17/h3,5,11,15-16,25H,2,4,6-10,12-14H2,1H3/t15-/m1/s1. The lowest BCUT2D eigenvalue weighted by molar-refractivity contribution is 0.0775. The first-order valence-electron chi connectivity index (χ1n) is 9.72. The first-order valence-corrected chi connectivity index (χ1v) is 9.72. The number of aliphatic hydroxyl groups excluding tert-OH is 1. The smallest absolute Gasteiger partial charge is 0.146 e. The maximum atomic E-state index is 9.67. The summed E-state index contributed by atoms with van der Waals surface area (Å²) >= 11 is 0. The minimum Gasteiger partial charge on any atom is -0.468 e. The summed E-state index contributed by atoms with van der Waals surface area (Å²) in [4.78, 5) is 4.82. The number of aromatic nitrogens is 3. The Morgan fingerprint density at radius 3 is 2.73 bits per heavy atom. The van der Waals surface area contributed by atoms with E-state index in [1.807, 2.05) is 12.1 Å². The van der Waals surface area contributed by atoms with Gasteiger partial charge in [0.25, 0.3) is 0 Å². The van der Waals surface area contributed by atoms with E-state index in [4.69, 9.17) is 4.42 Å². The Morgan fingerprint density at radius 1 is 1.12 bits per heavy atom. The molecule has 2 aromatic heterocycles. The fraction of sp³-hybridized carbons (Fsp3) is 0.684. The van der Waals surface area contributed by atoms with Crippen molar-refractivity contribution in [1.82, 2.24) is 24.6 Å². The maximum absolute atomic E-state index is 9.67. The zero-order valence-corrected chi connectivity index (χ0v) is 15.5. The van der Waals surface area contributed by atoms with Crippen LogP contribution in [0.4, 0.5) is 0 Å². The summed E-state index contributed by atoms with van der Waals surface area (Å²) in [5.74, 6) is 3.57. The molecule has 0 bridgehead atoms. The van der Waals surface area contributed by atoms with Crippen LogP contribution in [0.5, 0.6) is 0 Å². The summed E-state index contributed by atoms with van der Waals surface area (Å²) in [5.41, 5.74) is 0. The van der Waals surface area contributed by atoms with Crippen LogP contribution in [-0.4, -0.2) is 62.0 Å². The van der Waals surface area contributed by atoms with Crippen molar-refractivity contribution in [3.63, 3.8) is 0 Å². The average Bonchev–Trinajstić information content (AvgIpc) is 3.28. The monoisotopic (exact) mass is 359 g/mol. The van der Waals surface area contributed by atoms with Crippen molar-refractivity contribution in [1.29, 1.82) is 0 Å². The van der Waals surface area contributed by atoms with Gasteiger partial charge in [-0.3, -0.25) is 9.80 Å². The number of likely N-dealkylation sites (tertiary alicyclic amines) is 2. The Hall–Kier alpha value is -1.70. The average molecular weight is 359 g/mol. The van der Waals surface area contributed by atoms with Gasteiger partial charge in [-0.1, -0.05) is 0 Å². The van der Waals surface area contributed by atoms with Crippen LogP contribution in [-0.2, 0) is 20.1 Å². The molecular weight excluding hydrogens is 330 g/mol. The molecule has 142 valence electrons. The minimum absolute atomic E-state index is 0.135. The molecule has 2 aromatic rings. The number of aliphatic hydroxyl groups is 1. The molecule has 0 spiro atoms. The van der Waals surface area contributed by atoms with E-state index < -0.39 is 0 Å². The Labute approximate surface area is 154 Å². The second-order valence-corrected chi connectivity index (χ2v) is 7.69. The molecule has 0 radical (unpaired) electrons. The minimum atomic E-state index is -0.135. The predicted octanol–water partition coefficient (Wildman–Crippen LogP) is 1.74. The summed E-state index contributed by atoms with van der Waals surface area (Å²) in [6.45, 7) is 5.66. The highest BCUT2D eigenvalue weighted by atomic mass is 16.3. The Kier molecular flexibility index (Phi) is 5.38. The van der Waals surface area contributed by atoms with Crippen molar-refractivity contribution in [3.8, 4) is 0 Å². The van der Waals surface area contributed by atoms with Crippen LogP contribution < -0.4 is 0 Å². The van der Waals surface area contributed by atoms with Gasteiger partial charge in [0.1, 0.15) is 17.4 Å². The van der Waals surface area contributed by atoms with Gasteiger partial charge in [-0.05, 0) is 44.4 Å². The summed E-state index contributed by atoms with van der Waals surface area (Å²) in [6, 6.07) is 3.99. The van der Waals surface area contributed by atoms with Crippen molar-refractivity contribution in [2.75, 3.05) is 26.2 Å². The Balaban J connectivity index is 1.38. The fourth-order valence-corrected chi connectivity index (χ4v) is 4.18. The molecule has 4 rings (SSSR count). The summed E-state index contributed by atoms with van der Waals surface area (Å²) in [5, 5.41) is 18.7. The molecule has 7 heteroatoms. The lowest BCUT2D eigenvalue weighted by Gasteiger charge is -2.31. The Bertz CT molecular complexity index is 691. The second-order valence-electron chi connectivity index (χ2n) is 7.69. The number of hydrogen-bond acceptors (Lipinski definition) is 6. The normalized spacial score (nSPS) is 23.5. The van der Waals surface area contributed by atoms with Gasteiger partial charge in [-0.15, -0.1) is 10.2 Å². The van der Waals surface area contributed by atoms with Gasteiger partial charge in [0.2, 0.25) is 0 Å². The molecule has 4 heterocycles. The van der Waals surface area contributed by atoms with E-state index in [0.29, 0.717) is 5.92 Å². The molecule has 7 nitrogen and oxygen atoms in total. The lowest BCUT2D eigenvalue weighted by Crippen LogP contribution is -2.36. The quantitative estimate of drug-likeness (QED) is 0.877. The summed E-state index contributed by atoms with van der Waals surface area (Å²) in [7, 11) is 2.09. The molecule has 2 aliphatic rings. The van der Waals surface area contributed by atoms with Gasteiger partial charge < -0.3 is 14.1 Å². The van der Waals surface area contributed by atoms with E-state index in [0.717, 1.165) is 75.9 Å². The van der Waals surface area contributed by atoms with Crippen LogP contribution in [0.1, 0.15) is 49.0 Å². The van der Waals surface area contributed by atoms with Gasteiger partial charge in [-0.25, -0.2) is 0 Å². The molecule has 2 aliphatic heterocycles. The molecule has 2 fully saturated rings. The fourth-order valence-electron chi connectivity index (χ4n) is 4.18. The molecular formula is C19H29N5O2. The molecule has 1 atom stereocenters. The maximum Gasteiger partial charge on any atom is 0.146 e. The van der Waals surface area contributed by atoms with Gasteiger partial charge in [0.05, 0.1) is 25.5 Å². The van der Waals surface area contributed by atoms with Crippen LogP contribution in [0.2, 0.25) is 0 Å². The SMILES string of the molecule is Cn1c(CN2CCC(O)CC2)nnc1[C@@H]1CCCN(Cc2ccco2)C1. The molecule has 0 unspecified atom stereocenters.